The second-order valence-electron chi connectivity index (χ2n) is 6.87. The zero-order valence-electron chi connectivity index (χ0n) is 15.1. The van der Waals surface area contributed by atoms with E-state index in [1.54, 1.807) is 0 Å². The molecule has 0 radical (unpaired) electrons. The Morgan fingerprint density at radius 3 is 2.71 bits per heavy atom. The van der Waals surface area contributed by atoms with Crippen LogP contribution in [0.15, 0.2) is 65.8 Å². The third kappa shape index (κ3) is 3.53. The van der Waals surface area contributed by atoms with Gasteiger partial charge in [-0.2, -0.15) is 5.10 Å². The maximum atomic E-state index is 12.6. The maximum absolute atomic E-state index is 12.6. The summed E-state index contributed by atoms with van der Waals surface area (Å²) < 4.78 is 1.82. The first-order valence-electron chi connectivity index (χ1n) is 9.29. The number of amides is 1. The zero-order chi connectivity index (χ0) is 18.9. The van der Waals surface area contributed by atoms with E-state index in [1.165, 1.54) is 24.6 Å². The Morgan fingerprint density at radius 2 is 1.93 bits per heavy atom. The fourth-order valence-electron chi connectivity index (χ4n) is 3.14. The summed E-state index contributed by atoms with van der Waals surface area (Å²) in [6.07, 6.45) is 2.34. The molecule has 2 N–H and O–H groups in total. The quantitative estimate of drug-likeness (QED) is 0.481. The molecule has 0 aliphatic heterocycles. The number of anilines is 1. The van der Waals surface area contributed by atoms with Crippen LogP contribution in [0.2, 0.25) is 0 Å². The molecule has 0 spiro atoms. The van der Waals surface area contributed by atoms with Crippen LogP contribution in [0.3, 0.4) is 0 Å². The molecular weight excluding hydrogens is 370 g/mol. The molecule has 5 rings (SSSR count). The van der Waals surface area contributed by atoms with Crippen LogP contribution in [0.4, 0.5) is 5.82 Å². The summed E-state index contributed by atoms with van der Waals surface area (Å²) in [7, 11) is 0. The molecule has 7 heteroatoms. The van der Waals surface area contributed by atoms with Crippen LogP contribution >= 0.6 is 11.8 Å². The molecule has 0 unspecified atom stereocenters. The summed E-state index contributed by atoms with van der Waals surface area (Å²) in [5.74, 6) is 1.43. The van der Waals surface area contributed by atoms with Crippen molar-refractivity contribution in [1.29, 1.82) is 0 Å². The Balaban J connectivity index is 1.31. The van der Waals surface area contributed by atoms with E-state index in [-0.39, 0.29) is 11.7 Å². The van der Waals surface area contributed by atoms with Gasteiger partial charge in [0, 0.05) is 12.0 Å². The van der Waals surface area contributed by atoms with Crippen molar-refractivity contribution < 1.29 is 4.79 Å². The van der Waals surface area contributed by atoms with Crippen LogP contribution in [-0.4, -0.2) is 31.4 Å². The number of carbonyl (C=O) groups excluding carboxylic acids is 1. The highest BCUT2D eigenvalue weighted by Crippen LogP contribution is 2.40. The van der Waals surface area contributed by atoms with Gasteiger partial charge in [0.25, 0.3) is 0 Å². The summed E-state index contributed by atoms with van der Waals surface area (Å²) in [5.41, 5.74) is 3.86. The van der Waals surface area contributed by atoms with Crippen LogP contribution in [0, 0.1) is 0 Å². The number of hydrogen-bond acceptors (Lipinski definition) is 4. The van der Waals surface area contributed by atoms with Crippen molar-refractivity contribution in [2.45, 2.75) is 23.9 Å². The Labute approximate surface area is 166 Å². The van der Waals surface area contributed by atoms with E-state index < -0.39 is 0 Å². The van der Waals surface area contributed by atoms with E-state index in [0.717, 1.165) is 27.6 Å². The van der Waals surface area contributed by atoms with Gasteiger partial charge in [0.05, 0.1) is 28.2 Å². The third-order valence-corrected chi connectivity index (χ3v) is 5.57. The molecule has 1 aliphatic carbocycles. The number of benzene rings is 2. The van der Waals surface area contributed by atoms with E-state index in [4.69, 9.17) is 5.10 Å². The molecule has 2 aromatic carbocycles. The Hall–Kier alpha value is -3.06. The first-order valence-corrected chi connectivity index (χ1v) is 10.3. The molecule has 6 nitrogen and oxygen atoms in total. The van der Waals surface area contributed by atoms with E-state index in [0.29, 0.717) is 11.7 Å². The molecule has 1 fully saturated rings. The number of thioether (sulfide) groups is 1. The van der Waals surface area contributed by atoms with Crippen LogP contribution < -0.4 is 5.32 Å². The topological polar surface area (TPSA) is 75.6 Å². The fourth-order valence-corrected chi connectivity index (χ4v) is 3.83. The zero-order valence-corrected chi connectivity index (χ0v) is 15.9. The van der Waals surface area contributed by atoms with Crippen molar-refractivity contribution in [3.8, 4) is 5.69 Å². The number of H-pyrrole nitrogens is 1. The highest BCUT2D eigenvalue weighted by atomic mass is 32.2. The highest BCUT2D eigenvalue weighted by molar-refractivity contribution is 7.99. The minimum Gasteiger partial charge on any atom is -0.333 e. The van der Waals surface area contributed by atoms with Crippen molar-refractivity contribution in [3.05, 3.63) is 66.4 Å². The maximum Gasteiger partial charge on any atom is 0.236 e. The molecule has 0 saturated heterocycles. The summed E-state index contributed by atoms with van der Waals surface area (Å²) in [6, 6.07) is 19.7. The van der Waals surface area contributed by atoms with Gasteiger partial charge in [0.1, 0.15) is 5.82 Å². The van der Waals surface area contributed by atoms with Crippen LogP contribution in [0.1, 0.15) is 24.5 Å². The molecule has 2 heterocycles. The average Bonchev–Trinajstić information content (AvgIpc) is 3.35. The summed E-state index contributed by atoms with van der Waals surface area (Å²) in [6.45, 7) is 0. The Bertz CT molecular complexity index is 1100. The van der Waals surface area contributed by atoms with Gasteiger partial charge < -0.3 is 10.3 Å². The number of rotatable bonds is 6. The first-order chi connectivity index (χ1) is 13.8. The number of aromatic nitrogens is 4. The third-order valence-electron chi connectivity index (χ3n) is 4.70. The lowest BCUT2D eigenvalue weighted by Crippen LogP contribution is -2.17. The lowest BCUT2D eigenvalue weighted by atomic mass is 10.3. The SMILES string of the molecule is O=C(CSc1nc2ccccc2[nH]1)Nc1cc(C2CC2)nn1-c1ccccc1. The summed E-state index contributed by atoms with van der Waals surface area (Å²) in [4.78, 5) is 20.3. The first kappa shape index (κ1) is 17.1. The van der Waals surface area contributed by atoms with Gasteiger partial charge >= 0.3 is 0 Å². The monoisotopic (exact) mass is 389 g/mol. The minimum atomic E-state index is -0.0788. The number of nitrogens with one attached hydrogen (secondary N) is 2. The minimum absolute atomic E-state index is 0.0788. The van der Waals surface area contributed by atoms with Crippen molar-refractivity contribution in [1.82, 2.24) is 19.7 Å². The van der Waals surface area contributed by atoms with Gasteiger partial charge in [0.2, 0.25) is 5.91 Å². The number of imidazole rings is 1. The average molecular weight is 389 g/mol. The normalized spacial score (nSPS) is 13.7. The second kappa shape index (κ2) is 7.16. The Kier molecular flexibility index (Phi) is 4.37. The van der Waals surface area contributed by atoms with Crippen LogP contribution in [0.25, 0.3) is 16.7 Å². The number of nitrogens with zero attached hydrogens (tertiary/aromatic N) is 3. The number of aromatic amines is 1. The number of carbonyl (C=O) groups is 1. The smallest absolute Gasteiger partial charge is 0.236 e. The number of para-hydroxylation sites is 3. The van der Waals surface area contributed by atoms with Crippen molar-refractivity contribution in [2.24, 2.45) is 0 Å². The molecule has 0 bridgehead atoms. The van der Waals surface area contributed by atoms with Crippen molar-refractivity contribution >= 4 is 34.5 Å². The number of hydrogen-bond donors (Lipinski definition) is 2. The van der Waals surface area contributed by atoms with Gasteiger partial charge in [-0.05, 0) is 37.1 Å². The van der Waals surface area contributed by atoms with Crippen molar-refractivity contribution in [3.63, 3.8) is 0 Å². The molecule has 1 saturated carbocycles. The molecule has 28 heavy (non-hydrogen) atoms. The molecule has 0 atom stereocenters. The van der Waals surface area contributed by atoms with Gasteiger partial charge in [-0.25, -0.2) is 9.67 Å². The molecule has 140 valence electrons. The summed E-state index contributed by atoms with van der Waals surface area (Å²) >= 11 is 1.39. The molecule has 4 aromatic rings. The van der Waals surface area contributed by atoms with E-state index in [1.807, 2.05) is 65.3 Å². The van der Waals surface area contributed by atoms with Gasteiger partial charge in [-0.1, -0.05) is 42.1 Å². The molecule has 2 aromatic heterocycles. The largest absolute Gasteiger partial charge is 0.333 e. The number of fused-ring (bicyclic) bond motifs is 1. The summed E-state index contributed by atoms with van der Waals surface area (Å²) in [5, 5.41) is 8.48. The lowest BCUT2D eigenvalue weighted by molar-refractivity contribution is -0.113. The van der Waals surface area contributed by atoms with E-state index in [2.05, 4.69) is 15.3 Å². The second-order valence-corrected chi connectivity index (χ2v) is 7.84. The van der Waals surface area contributed by atoms with Crippen LogP contribution in [0.5, 0.6) is 0 Å². The van der Waals surface area contributed by atoms with Crippen molar-refractivity contribution in [2.75, 3.05) is 11.1 Å². The van der Waals surface area contributed by atoms with Gasteiger partial charge in [0.15, 0.2) is 5.16 Å². The van der Waals surface area contributed by atoms with Gasteiger partial charge in [-0.15, -0.1) is 0 Å². The lowest BCUT2D eigenvalue weighted by Gasteiger charge is -2.08. The Morgan fingerprint density at radius 1 is 1.14 bits per heavy atom. The predicted molar refractivity (Wildman–Crippen MR) is 111 cm³/mol. The predicted octanol–water partition coefficient (Wildman–Crippen LogP) is 4.36. The molecule has 1 aliphatic rings. The van der Waals surface area contributed by atoms with Gasteiger partial charge in [-0.3, -0.25) is 4.79 Å². The molecular formula is C21H19N5OS. The fraction of sp³-hybridized carbons (Fsp3) is 0.190. The standard InChI is InChI=1S/C21H19N5OS/c27-20(13-28-21-22-16-8-4-5-9-17(16)23-21)24-19-12-18(14-10-11-14)25-26(19)15-6-2-1-3-7-15/h1-9,12,14H,10-11,13H2,(H,22,23)(H,24,27). The van der Waals surface area contributed by atoms with E-state index >= 15 is 0 Å². The molecule has 1 amide bonds. The highest BCUT2D eigenvalue weighted by Gasteiger charge is 2.28. The van der Waals surface area contributed by atoms with E-state index in [9.17, 15) is 4.79 Å². The van der Waals surface area contributed by atoms with Crippen LogP contribution in [-0.2, 0) is 4.79 Å².